The van der Waals surface area contributed by atoms with E-state index in [4.69, 9.17) is 23.2 Å². The number of hydrogen-bond acceptors (Lipinski definition) is 2. The van der Waals surface area contributed by atoms with Gasteiger partial charge in [0.15, 0.2) is 0 Å². The molecule has 0 aliphatic rings. The predicted octanol–water partition coefficient (Wildman–Crippen LogP) is 4.79. The summed E-state index contributed by atoms with van der Waals surface area (Å²) in [6.45, 7) is 0. The molecule has 1 aromatic heterocycles. The number of nitrogens with zero attached hydrogens (tertiary/aromatic N) is 1. The Bertz CT molecular complexity index is 601. The third-order valence-corrected chi connectivity index (χ3v) is 3.21. The Balaban J connectivity index is 2.07. The zero-order valence-electron chi connectivity index (χ0n) is 9.45. The molecule has 2 N–H and O–H groups in total. The number of pyridine rings is 1. The van der Waals surface area contributed by atoms with Crippen molar-refractivity contribution in [2.45, 2.75) is 0 Å². The molecule has 19 heavy (non-hydrogen) atoms. The van der Waals surface area contributed by atoms with Crippen molar-refractivity contribution in [1.82, 2.24) is 4.98 Å². The minimum absolute atomic E-state index is 0.398. The number of hydrogen-bond donors (Lipinski definition) is 2. The highest BCUT2D eigenvalue weighted by atomic mass is 79.9. The number of amides is 2. The zero-order chi connectivity index (χ0) is 13.8. The molecular formula is C12H8BrCl2N3O. The van der Waals surface area contributed by atoms with E-state index in [1.54, 1.807) is 36.7 Å². The van der Waals surface area contributed by atoms with Gasteiger partial charge in [-0.3, -0.25) is 4.98 Å². The van der Waals surface area contributed by atoms with Crippen LogP contribution < -0.4 is 10.6 Å². The van der Waals surface area contributed by atoms with Crippen molar-refractivity contribution in [3.8, 4) is 0 Å². The Morgan fingerprint density at radius 1 is 1.16 bits per heavy atom. The molecule has 0 saturated carbocycles. The van der Waals surface area contributed by atoms with Crippen molar-refractivity contribution < 1.29 is 4.79 Å². The number of anilines is 2. The number of carbonyl (C=O) groups is 1. The first kappa shape index (κ1) is 14.1. The molecule has 0 saturated heterocycles. The summed E-state index contributed by atoms with van der Waals surface area (Å²) in [5, 5.41) is 6.22. The number of benzene rings is 1. The van der Waals surface area contributed by atoms with Crippen LogP contribution in [0.1, 0.15) is 0 Å². The first-order valence-corrected chi connectivity index (χ1v) is 6.73. The van der Waals surface area contributed by atoms with Gasteiger partial charge in [-0.2, -0.15) is 0 Å². The molecule has 0 atom stereocenters. The van der Waals surface area contributed by atoms with Gasteiger partial charge >= 0.3 is 6.03 Å². The Morgan fingerprint density at radius 3 is 2.47 bits per heavy atom. The average molecular weight is 361 g/mol. The van der Waals surface area contributed by atoms with Crippen molar-refractivity contribution in [2.24, 2.45) is 0 Å². The molecule has 4 nitrogen and oxygen atoms in total. The van der Waals surface area contributed by atoms with Crippen LogP contribution in [0.15, 0.2) is 41.1 Å². The number of halogens is 3. The van der Waals surface area contributed by atoms with Crippen molar-refractivity contribution in [3.05, 3.63) is 51.2 Å². The fourth-order valence-corrected chi connectivity index (χ4v) is 2.26. The van der Waals surface area contributed by atoms with Crippen LogP contribution in [-0.2, 0) is 0 Å². The van der Waals surface area contributed by atoms with Gasteiger partial charge in [-0.05, 0) is 40.2 Å². The molecule has 0 aliphatic heterocycles. The van der Waals surface area contributed by atoms with Crippen LogP contribution >= 0.6 is 39.1 Å². The van der Waals surface area contributed by atoms with E-state index in [0.717, 1.165) is 0 Å². The van der Waals surface area contributed by atoms with Crippen LogP contribution in [0.3, 0.4) is 0 Å². The third kappa shape index (κ3) is 4.09. The molecule has 0 aliphatic carbocycles. The number of rotatable bonds is 2. The fraction of sp³-hybridized carbons (Fsp3) is 0. The number of urea groups is 1. The summed E-state index contributed by atoms with van der Waals surface area (Å²) in [5.41, 5.74) is 1.13. The lowest BCUT2D eigenvalue weighted by Gasteiger charge is -2.09. The quantitative estimate of drug-likeness (QED) is 0.808. The Labute approximate surface area is 128 Å². The summed E-state index contributed by atoms with van der Waals surface area (Å²) >= 11 is 15.0. The highest BCUT2D eigenvalue weighted by molar-refractivity contribution is 9.10. The summed E-state index contributed by atoms with van der Waals surface area (Å²) in [5.74, 6) is 0. The molecule has 98 valence electrons. The minimum atomic E-state index is -0.398. The van der Waals surface area contributed by atoms with E-state index in [-0.39, 0.29) is 0 Å². The average Bonchev–Trinajstić information content (AvgIpc) is 2.30. The highest BCUT2D eigenvalue weighted by Gasteiger charge is 2.06. The summed E-state index contributed by atoms with van der Waals surface area (Å²) in [6.07, 6.45) is 3.17. The second-order valence-electron chi connectivity index (χ2n) is 3.59. The van der Waals surface area contributed by atoms with Gasteiger partial charge in [0.2, 0.25) is 0 Å². The lowest BCUT2D eigenvalue weighted by Crippen LogP contribution is -2.19. The molecule has 2 aromatic rings. The van der Waals surface area contributed by atoms with E-state index in [9.17, 15) is 4.79 Å². The molecule has 0 bridgehead atoms. The van der Waals surface area contributed by atoms with Crippen LogP contribution in [0.4, 0.5) is 16.2 Å². The monoisotopic (exact) mass is 359 g/mol. The van der Waals surface area contributed by atoms with Gasteiger partial charge in [0.25, 0.3) is 0 Å². The molecule has 2 rings (SSSR count). The van der Waals surface area contributed by atoms with E-state index in [0.29, 0.717) is 25.9 Å². The SMILES string of the molecule is O=C(Nc1cc(Cl)cc(Cl)c1)Nc1ccncc1Br. The molecule has 1 aromatic carbocycles. The van der Waals surface area contributed by atoms with Gasteiger partial charge in [0, 0.05) is 28.1 Å². The Kier molecular flexibility index (Phi) is 4.63. The highest BCUT2D eigenvalue weighted by Crippen LogP contribution is 2.23. The summed E-state index contributed by atoms with van der Waals surface area (Å²) in [6, 6.07) is 6.08. The smallest absolute Gasteiger partial charge is 0.308 e. The van der Waals surface area contributed by atoms with Crippen LogP contribution in [0.25, 0.3) is 0 Å². The Hall–Kier alpha value is -1.30. The number of carbonyl (C=O) groups excluding carboxylic acids is 1. The van der Waals surface area contributed by atoms with Gasteiger partial charge in [-0.25, -0.2) is 4.79 Å². The maximum atomic E-state index is 11.8. The molecule has 0 spiro atoms. The molecule has 0 fully saturated rings. The van der Waals surface area contributed by atoms with Gasteiger partial charge in [0.1, 0.15) is 0 Å². The first-order chi connectivity index (χ1) is 9.04. The fourth-order valence-electron chi connectivity index (χ4n) is 1.39. The van der Waals surface area contributed by atoms with Gasteiger partial charge < -0.3 is 10.6 Å². The summed E-state index contributed by atoms with van der Waals surface area (Å²) in [4.78, 5) is 15.7. The number of nitrogens with one attached hydrogen (secondary N) is 2. The number of aromatic nitrogens is 1. The second kappa shape index (κ2) is 6.23. The van der Waals surface area contributed by atoms with Crippen molar-refractivity contribution >= 4 is 56.5 Å². The van der Waals surface area contributed by atoms with Gasteiger partial charge in [-0.15, -0.1) is 0 Å². The van der Waals surface area contributed by atoms with Gasteiger partial charge in [0.05, 0.1) is 10.2 Å². The normalized spacial score (nSPS) is 10.1. The third-order valence-electron chi connectivity index (χ3n) is 2.14. The summed E-state index contributed by atoms with van der Waals surface area (Å²) in [7, 11) is 0. The lowest BCUT2D eigenvalue weighted by molar-refractivity contribution is 0.262. The van der Waals surface area contributed by atoms with Crippen molar-refractivity contribution in [1.29, 1.82) is 0 Å². The van der Waals surface area contributed by atoms with Gasteiger partial charge in [-0.1, -0.05) is 23.2 Å². The van der Waals surface area contributed by atoms with E-state index in [1.165, 1.54) is 0 Å². The van der Waals surface area contributed by atoms with Crippen molar-refractivity contribution in [3.63, 3.8) is 0 Å². The standard InChI is InChI=1S/C12H8BrCl2N3O/c13-10-6-16-2-1-11(10)18-12(19)17-9-4-7(14)3-8(15)5-9/h1-6H,(H2,16,17,18,19). The van der Waals surface area contributed by atoms with Crippen LogP contribution in [-0.4, -0.2) is 11.0 Å². The second-order valence-corrected chi connectivity index (χ2v) is 5.32. The molecule has 7 heteroatoms. The topological polar surface area (TPSA) is 54.0 Å². The van der Waals surface area contributed by atoms with E-state index < -0.39 is 6.03 Å². The van der Waals surface area contributed by atoms with Crippen LogP contribution in [0.2, 0.25) is 10.0 Å². The van der Waals surface area contributed by atoms with E-state index in [2.05, 4.69) is 31.5 Å². The Morgan fingerprint density at radius 2 is 1.84 bits per heavy atom. The largest absolute Gasteiger partial charge is 0.323 e. The molecule has 0 unspecified atom stereocenters. The van der Waals surface area contributed by atoms with Crippen molar-refractivity contribution in [2.75, 3.05) is 10.6 Å². The predicted molar refractivity (Wildman–Crippen MR) is 81.0 cm³/mol. The zero-order valence-corrected chi connectivity index (χ0v) is 12.6. The summed E-state index contributed by atoms with van der Waals surface area (Å²) < 4.78 is 0.689. The van der Waals surface area contributed by atoms with Crippen LogP contribution in [0, 0.1) is 0 Å². The lowest BCUT2D eigenvalue weighted by atomic mass is 10.3. The van der Waals surface area contributed by atoms with Crippen LogP contribution in [0.5, 0.6) is 0 Å². The minimum Gasteiger partial charge on any atom is -0.308 e. The first-order valence-electron chi connectivity index (χ1n) is 5.18. The molecule has 2 amide bonds. The molecular weight excluding hydrogens is 353 g/mol. The maximum absolute atomic E-state index is 11.8. The molecule has 0 radical (unpaired) electrons. The van der Waals surface area contributed by atoms with E-state index in [1.807, 2.05) is 0 Å². The maximum Gasteiger partial charge on any atom is 0.323 e. The molecule has 1 heterocycles. The van der Waals surface area contributed by atoms with E-state index >= 15 is 0 Å².